The van der Waals surface area contributed by atoms with Gasteiger partial charge in [0.1, 0.15) is 0 Å². The van der Waals surface area contributed by atoms with Gasteiger partial charge < -0.3 is 10.0 Å². The zero-order valence-electron chi connectivity index (χ0n) is 15.9. The maximum absolute atomic E-state index is 8.36. The Morgan fingerprint density at radius 2 is 1.88 bits per heavy atom. The van der Waals surface area contributed by atoms with Crippen molar-refractivity contribution in [3.05, 3.63) is 20.9 Å². The fraction of sp³-hybridized carbons (Fsp3) is 0.750. The van der Waals surface area contributed by atoms with Crippen LogP contribution in [0.3, 0.4) is 0 Å². The van der Waals surface area contributed by atoms with Crippen LogP contribution >= 0.6 is 11.3 Å². The number of aryl methyl sites for hydroxylation is 1. The zero-order valence-corrected chi connectivity index (χ0v) is 16.7. The lowest BCUT2D eigenvalue weighted by atomic mass is 9.75. The van der Waals surface area contributed by atoms with Gasteiger partial charge in [-0.1, -0.05) is 26.7 Å². The fourth-order valence-corrected chi connectivity index (χ4v) is 5.99. The predicted octanol–water partition coefficient (Wildman–Crippen LogP) is 4.86. The molecule has 1 aromatic rings. The lowest BCUT2D eigenvalue weighted by Gasteiger charge is -2.36. The molecule has 24 heavy (non-hydrogen) atoms. The second kappa shape index (κ2) is 8.01. The second-order valence-corrected chi connectivity index (χ2v) is 9.50. The van der Waals surface area contributed by atoms with Gasteiger partial charge in [0, 0.05) is 21.7 Å². The molecule has 0 aromatic carbocycles. The third-order valence-corrected chi connectivity index (χ3v) is 7.33. The van der Waals surface area contributed by atoms with Crippen LogP contribution < -0.4 is 0 Å². The summed E-state index contributed by atoms with van der Waals surface area (Å²) in [7, 11) is 4.55. The Morgan fingerprint density at radius 1 is 1.25 bits per heavy atom. The third kappa shape index (κ3) is 4.20. The minimum Gasteiger partial charge on any atom is -0.483 e. The molecule has 4 heteroatoms. The highest BCUT2D eigenvalue weighted by Crippen LogP contribution is 2.46. The van der Waals surface area contributed by atoms with Gasteiger partial charge in [0.2, 0.25) is 0 Å². The van der Waals surface area contributed by atoms with Crippen LogP contribution in [-0.4, -0.2) is 36.6 Å². The smallest absolute Gasteiger partial charge is 0.290 e. The van der Waals surface area contributed by atoms with Crippen LogP contribution in [0.2, 0.25) is 0 Å². The summed E-state index contributed by atoms with van der Waals surface area (Å²) < 4.78 is 0. The van der Waals surface area contributed by atoms with E-state index in [1.807, 2.05) is 0 Å². The zero-order chi connectivity index (χ0) is 17.9. The van der Waals surface area contributed by atoms with Gasteiger partial charge in [-0.2, -0.15) is 0 Å². The lowest BCUT2D eigenvalue weighted by Crippen LogP contribution is -2.36. The van der Waals surface area contributed by atoms with Crippen molar-refractivity contribution in [1.82, 2.24) is 4.90 Å². The molecule has 0 saturated heterocycles. The minimum absolute atomic E-state index is 0.250. The molecular weight excluding hydrogens is 318 g/mol. The molecule has 1 fully saturated rings. The summed E-state index contributed by atoms with van der Waals surface area (Å²) in [5.74, 6) is 0.785. The second-order valence-electron chi connectivity index (χ2n) is 8.36. The topological polar surface area (TPSA) is 40.5 Å². The van der Waals surface area contributed by atoms with Crippen molar-refractivity contribution in [2.45, 2.75) is 77.7 Å². The van der Waals surface area contributed by atoms with Crippen molar-refractivity contribution in [2.75, 3.05) is 14.1 Å². The molecule has 2 atom stereocenters. The van der Waals surface area contributed by atoms with Crippen molar-refractivity contribution in [3.8, 4) is 0 Å². The normalized spacial score (nSPS) is 25.6. The average Bonchev–Trinajstić information content (AvgIpc) is 2.83. The van der Waals surface area contributed by atoms with Gasteiger partial charge in [0.25, 0.3) is 6.47 Å². The van der Waals surface area contributed by atoms with Crippen molar-refractivity contribution in [2.24, 2.45) is 5.41 Å². The van der Waals surface area contributed by atoms with E-state index < -0.39 is 0 Å². The number of hydrogen-bond acceptors (Lipinski definition) is 3. The molecule has 2 aliphatic carbocycles. The fourth-order valence-electron chi connectivity index (χ4n) is 4.47. The molecule has 1 N–H and O–H groups in total. The number of hydrogen-bond donors (Lipinski definition) is 1. The predicted molar refractivity (Wildman–Crippen MR) is 102 cm³/mol. The Balaban J connectivity index is 0.000000647. The monoisotopic (exact) mass is 351 g/mol. The van der Waals surface area contributed by atoms with Crippen LogP contribution in [0, 0.1) is 12.3 Å². The first-order chi connectivity index (χ1) is 11.3. The molecule has 136 valence electrons. The van der Waals surface area contributed by atoms with Crippen LogP contribution in [0.1, 0.15) is 72.8 Å². The Hall–Kier alpha value is -0.870. The average molecular weight is 352 g/mol. The summed E-state index contributed by atoms with van der Waals surface area (Å²) in [6, 6.07) is 0.755. The molecule has 0 aliphatic heterocycles. The van der Waals surface area contributed by atoms with Gasteiger partial charge in [0.15, 0.2) is 0 Å². The van der Waals surface area contributed by atoms with Gasteiger partial charge in [-0.3, -0.25) is 4.79 Å². The standard InChI is InChI=1S/C19H31NS.CH2O2/c1-13-15-12-19(2,3)11-10-17(15)21-18(13)14-8-6-7-9-16(14)20(4)5;2-1-3/h14,16H,6-12H2,1-5H3;1H,(H,2,3)/t14-,16+;/m1./s1. The van der Waals surface area contributed by atoms with Gasteiger partial charge in [-0.15, -0.1) is 11.3 Å². The molecule has 1 heterocycles. The highest BCUT2D eigenvalue weighted by Gasteiger charge is 2.34. The highest BCUT2D eigenvalue weighted by atomic mass is 32.1. The molecule has 3 nitrogen and oxygen atoms in total. The molecule has 0 amide bonds. The van der Waals surface area contributed by atoms with Gasteiger partial charge in [0.05, 0.1) is 0 Å². The largest absolute Gasteiger partial charge is 0.483 e. The number of nitrogens with zero attached hydrogens (tertiary/aromatic N) is 1. The van der Waals surface area contributed by atoms with E-state index in [4.69, 9.17) is 9.90 Å². The van der Waals surface area contributed by atoms with E-state index in [2.05, 4.69) is 51.1 Å². The number of fused-ring (bicyclic) bond motifs is 1. The SMILES string of the molecule is Cc1c([C@@H]2CCCC[C@@H]2N(C)C)sc2c1CC(C)(C)CC2.O=CO. The summed E-state index contributed by atoms with van der Waals surface area (Å²) >= 11 is 2.16. The first kappa shape index (κ1) is 19.5. The summed E-state index contributed by atoms with van der Waals surface area (Å²) in [5, 5.41) is 6.89. The minimum atomic E-state index is -0.250. The van der Waals surface area contributed by atoms with Crippen molar-refractivity contribution in [1.29, 1.82) is 0 Å². The van der Waals surface area contributed by atoms with Crippen LogP contribution in [0.4, 0.5) is 0 Å². The summed E-state index contributed by atoms with van der Waals surface area (Å²) in [6.45, 7) is 7.04. The van der Waals surface area contributed by atoms with Crippen LogP contribution in [-0.2, 0) is 17.6 Å². The van der Waals surface area contributed by atoms with E-state index in [9.17, 15) is 0 Å². The molecule has 1 aromatic heterocycles. The van der Waals surface area contributed by atoms with Crippen LogP contribution in [0.5, 0.6) is 0 Å². The van der Waals surface area contributed by atoms with E-state index in [1.165, 1.54) is 44.9 Å². The molecule has 3 rings (SSSR count). The molecule has 0 unspecified atom stereocenters. The Labute approximate surface area is 151 Å². The Bertz CT molecular complexity index is 562. The van der Waals surface area contributed by atoms with E-state index >= 15 is 0 Å². The molecule has 2 aliphatic rings. The summed E-state index contributed by atoms with van der Waals surface area (Å²) in [6.07, 6.45) is 9.58. The molecular formula is C20H33NO2S. The van der Waals surface area contributed by atoms with E-state index in [0.29, 0.717) is 5.41 Å². The third-order valence-electron chi connectivity index (χ3n) is 5.81. The quantitative estimate of drug-likeness (QED) is 0.774. The molecule has 1 saturated carbocycles. The van der Waals surface area contributed by atoms with Crippen molar-refractivity contribution >= 4 is 17.8 Å². The number of carbonyl (C=O) groups is 1. The Kier molecular flexibility index (Phi) is 6.49. The summed E-state index contributed by atoms with van der Waals surface area (Å²) in [5.41, 5.74) is 3.87. The van der Waals surface area contributed by atoms with Crippen LogP contribution in [0.25, 0.3) is 0 Å². The number of likely N-dealkylation sites (N-methyl/N-ethyl adjacent to an activating group) is 1. The maximum atomic E-state index is 8.36. The maximum Gasteiger partial charge on any atom is 0.290 e. The van der Waals surface area contributed by atoms with Crippen molar-refractivity contribution in [3.63, 3.8) is 0 Å². The first-order valence-corrected chi connectivity index (χ1v) is 9.97. The van der Waals surface area contributed by atoms with E-state index in [0.717, 1.165) is 12.0 Å². The number of thiophene rings is 1. The first-order valence-electron chi connectivity index (χ1n) is 9.16. The van der Waals surface area contributed by atoms with E-state index in [1.54, 1.807) is 20.9 Å². The van der Waals surface area contributed by atoms with Crippen molar-refractivity contribution < 1.29 is 9.90 Å². The van der Waals surface area contributed by atoms with Gasteiger partial charge in [-0.05, 0) is 69.7 Å². The molecule has 0 bridgehead atoms. The molecule has 0 radical (unpaired) electrons. The number of rotatable bonds is 2. The van der Waals surface area contributed by atoms with Gasteiger partial charge >= 0.3 is 0 Å². The summed E-state index contributed by atoms with van der Waals surface area (Å²) in [4.78, 5) is 14.3. The van der Waals surface area contributed by atoms with E-state index in [-0.39, 0.29) is 6.47 Å². The lowest BCUT2D eigenvalue weighted by molar-refractivity contribution is -0.122. The highest BCUT2D eigenvalue weighted by molar-refractivity contribution is 7.12. The Morgan fingerprint density at radius 3 is 2.50 bits per heavy atom. The number of carboxylic acid groups (broad SMARTS) is 1. The van der Waals surface area contributed by atoms with Crippen LogP contribution in [0.15, 0.2) is 0 Å². The van der Waals surface area contributed by atoms with Gasteiger partial charge in [-0.25, -0.2) is 0 Å². The molecule has 0 spiro atoms.